The molecule has 0 aromatic heterocycles. The fraction of sp³-hybridized carbons (Fsp3) is 1.00. The van der Waals surface area contributed by atoms with E-state index >= 15 is 0 Å². The summed E-state index contributed by atoms with van der Waals surface area (Å²) in [6.07, 6.45) is 5.42. The van der Waals surface area contributed by atoms with Crippen molar-refractivity contribution < 1.29 is 14.2 Å². The quantitative estimate of drug-likeness (QED) is 0.260. The van der Waals surface area contributed by atoms with Crippen LogP contribution in [0.25, 0.3) is 0 Å². The minimum Gasteiger partial charge on any atom is -0.371 e. The standard InChI is InChI=1S/C13H28O3Si/c1-4-6-7-8-12(17)13(3,15-5-2)16-10-11-9-14-11/h11-12H,4-10H2,1-3,17H3. The van der Waals surface area contributed by atoms with Crippen LogP contribution >= 0.6 is 0 Å². The zero-order chi connectivity index (χ0) is 12.7. The van der Waals surface area contributed by atoms with Gasteiger partial charge in [-0.3, -0.25) is 0 Å². The number of epoxide rings is 1. The van der Waals surface area contributed by atoms with Crippen LogP contribution < -0.4 is 0 Å². The van der Waals surface area contributed by atoms with Gasteiger partial charge in [-0.05, 0) is 25.8 Å². The molecule has 0 radical (unpaired) electrons. The SMILES string of the molecule is CCCCCC([SiH3])C(C)(OCC)OCC1CO1. The van der Waals surface area contributed by atoms with Crippen molar-refractivity contribution in [1.29, 1.82) is 0 Å². The Kier molecular flexibility index (Phi) is 6.70. The van der Waals surface area contributed by atoms with Crippen LogP contribution in [0.1, 0.15) is 46.5 Å². The summed E-state index contributed by atoms with van der Waals surface area (Å²) in [6, 6.07) is 0. The molecule has 1 fully saturated rings. The van der Waals surface area contributed by atoms with E-state index in [1.165, 1.54) is 25.7 Å². The fourth-order valence-corrected chi connectivity index (χ4v) is 2.74. The maximum absolute atomic E-state index is 5.97. The highest BCUT2D eigenvalue weighted by Gasteiger charge is 2.35. The molecule has 3 nitrogen and oxygen atoms in total. The van der Waals surface area contributed by atoms with Gasteiger partial charge in [-0.2, -0.15) is 0 Å². The lowest BCUT2D eigenvalue weighted by atomic mass is 10.1. The Labute approximate surface area is 109 Å². The minimum absolute atomic E-state index is 0.319. The van der Waals surface area contributed by atoms with E-state index in [0.717, 1.165) is 16.8 Å². The zero-order valence-corrected chi connectivity index (χ0v) is 13.8. The molecule has 4 heteroatoms. The predicted molar refractivity (Wildman–Crippen MR) is 73.6 cm³/mol. The van der Waals surface area contributed by atoms with Gasteiger partial charge in [0, 0.05) is 16.8 Å². The molecule has 1 aliphatic heterocycles. The Morgan fingerprint density at radius 2 is 2.06 bits per heavy atom. The predicted octanol–water partition coefficient (Wildman–Crippen LogP) is 1.89. The first-order chi connectivity index (χ1) is 8.12. The first kappa shape index (κ1) is 15.2. The highest BCUT2D eigenvalue weighted by Crippen LogP contribution is 2.31. The largest absolute Gasteiger partial charge is 0.371 e. The maximum atomic E-state index is 5.97. The molecule has 0 saturated carbocycles. The van der Waals surface area contributed by atoms with Crippen molar-refractivity contribution in [3.8, 4) is 0 Å². The monoisotopic (exact) mass is 260 g/mol. The van der Waals surface area contributed by atoms with Crippen LogP contribution in [0.4, 0.5) is 0 Å². The lowest BCUT2D eigenvalue weighted by molar-refractivity contribution is -0.228. The van der Waals surface area contributed by atoms with Crippen LogP contribution in [-0.4, -0.2) is 42.0 Å². The molecule has 0 aromatic rings. The molecule has 102 valence electrons. The molecule has 0 spiro atoms. The minimum atomic E-state index is -0.388. The van der Waals surface area contributed by atoms with Crippen LogP contribution in [0.2, 0.25) is 5.54 Å². The van der Waals surface area contributed by atoms with Gasteiger partial charge in [0.1, 0.15) is 6.10 Å². The Bertz CT molecular complexity index is 209. The summed E-state index contributed by atoms with van der Waals surface area (Å²) < 4.78 is 17.0. The van der Waals surface area contributed by atoms with Crippen molar-refractivity contribution in [2.45, 2.75) is 63.9 Å². The molecule has 0 bridgehead atoms. The third-order valence-electron chi connectivity index (χ3n) is 3.52. The van der Waals surface area contributed by atoms with Gasteiger partial charge in [0.15, 0.2) is 5.79 Å². The molecule has 1 heterocycles. The maximum Gasteiger partial charge on any atom is 0.165 e. The van der Waals surface area contributed by atoms with E-state index < -0.39 is 0 Å². The number of hydrogen-bond donors (Lipinski definition) is 0. The molecule has 17 heavy (non-hydrogen) atoms. The van der Waals surface area contributed by atoms with E-state index in [9.17, 15) is 0 Å². The number of rotatable bonds is 10. The van der Waals surface area contributed by atoms with E-state index in [1.54, 1.807) is 0 Å². The fourth-order valence-electron chi connectivity index (χ4n) is 2.00. The highest BCUT2D eigenvalue weighted by atomic mass is 28.1. The van der Waals surface area contributed by atoms with Gasteiger partial charge < -0.3 is 14.2 Å². The van der Waals surface area contributed by atoms with Crippen molar-refractivity contribution in [2.24, 2.45) is 0 Å². The molecule has 1 rings (SSSR count). The molecule has 3 atom stereocenters. The van der Waals surface area contributed by atoms with E-state index in [1.807, 2.05) is 6.92 Å². The average molecular weight is 260 g/mol. The summed E-state index contributed by atoms with van der Waals surface area (Å²) in [5.74, 6) is -0.388. The summed E-state index contributed by atoms with van der Waals surface area (Å²) in [5, 5.41) is 0. The van der Waals surface area contributed by atoms with E-state index in [-0.39, 0.29) is 5.79 Å². The normalized spacial score (nSPS) is 24.5. The highest BCUT2D eigenvalue weighted by molar-refractivity contribution is 6.12. The summed E-state index contributed by atoms with van der Waals surface area (Å²) in [5.41, 5.74) is 0.563. The second-order valence-electron chi connectivity index (χ2n) is 5.11. The van der Waals surface area contributed by atoms with Crippen LogP contribution in [0.3, 0.4) is 0 Å². The third kappa shape index (κ3) is 5.51. The summed E-state index contributed by atoms with van der Waals surface area (Å²) in [4.78, 5) is 0. The van der Waals surface area contributed by atoms with Crippen molar-refractivity contribution in [2.75, 3.05) is 19.8 Å². The van der Waals surface area contributed by atoms with Crippen LogP contribution in [0.5, 0.6) is 0 Å². The lowest BCUT2D eigenvalue weighted by Gasteiger charge is -2.35. The Morgan fingerprint density at radius 3 is 2.59 bits per heavy atom. The average Bonchev–Trinajstić information content (AvgIpc) is 3.11. The molecule has 0 N–H and O–H groups in total. The van der Waals surface area contributed by atoms with Crippen molar-refractivity contribution >= 4 is 10.2 Å². The smallest absolute Gasteiger partial charge is 0.165 e. The van der Waals surface area contributed by atoms with E-state index in [2.05, 4.69) is 13.8 Å². The third-order valence-corrected chi connectivity index (χ3v) is 5.15. The molecular weight excluding hydrogens is 232 g/mol. The van der Waals surface area contributed by atoms with Crippen molar-refractivity contribution in [1.82, 2.24) is 0 Å². The first-order valence-corrected chi connectivity index (χ1v) is 8.17. The van der Waals surface area contributed by atoms with Gasteiger partial charge in [-0.25, -0.2) is 0 Å². The van der Waals surface area contributed by atoms with Gasteiger partial charge in [-0.1, -0.05) is 26.2 Å². The van der Waals surface area contributed by atoms with Crippen molar-refractivity contribution in [3.63, 3.8) is 0 Å². The van der Waals surface area contributed by atoms with Crippen LogP contribution in [0, 0.1) is 0 Å². The number of unbranched alkanes of at least 4 members (excludes halogenated alkanes) is 2. The molecule has 1 saturated heterocycles. The molecule has 1 aliphatic rings. The summed E-state index contributed by atoms with van der Waals surface area (Å²) in [6.45, 7) is 8.63. The molecule has 0 aromatic carbocycles. The van der Waals surface area contributed by atoms with Gasteiger partial charge >= 0.3 is 0 Å². The number of hydrogen-bond acceptors (Lipinski definition) is 3. The van der Waals surface area contributed by atoms with Gasteiger partial charge in [0.05, 0.1) is 13.2 Å². The molecular formula is C13H28O3Si. The molecule has 0 amide bonds. The van der Waals surface area contributed by atoms with Crippen LogP contribution in [0.15, 0.2) is 0 Å². The summed E-state index contributed by atoms with van der Waals surface area (Å²) >= 11 is 0. The van der Waals surface area contributed by atoms with Crippen LogP contribution in [-0.2, 0) is 14.2 Å². The Hall–Kier alpha value is 0.0969. The molecule has 0 aliphatic carbocycles. The Balaban J connectivity index is 2.35. The van der Waals surface area contributed by atoms with Gasteiger partial charge in [0.25, 0.3) is 0 Å². The van der Waals surface area contributed by atoms with Gasteiger partial charge in [0.2, 0.25) is 0 Å². The first-order valence-electron chi connectivity index (χ1n) is 7.01. The summed E-state index contributed by atoms with van der Waals surface area (Å²) in [7, 11) is 1.12. The van der Waals surface area contributed by atoms with Crippen molar-refractivity contribution in [3.05, 3.63) is 0 Å². The second-order valence-corrected chi connectivity index (χ2v) is 6.51. The Morgan fingerprint density at radius 1 is 1.35 bits per heavy atom. The lowest BCUT2D eigenvalue weighted by Crippen LogP contribution is -2.39. The molecule has 3 unspecified atom stereocenters. The topological polar surface area (TPSA) is 31.0 Å². The second kappa shape index (κ2) is 7.51. The van der Waals surface area contributed by atoms with Gasteiger partial charge in [-0.15, -0.1) is 0 Å². The number of ether oxygens (including phenoxy) is 3. The van der Waals surface area contributed by atoms with E-state index in [4.69, 9.17) is 14.2 Å². The van der Waals surface area contributed by atoms with E-state index in [0.29, 0.717) is 24.9 Å². The zero-order valence-electron chi connectivity index (χ0n) is 11.8.